The van der Waals surface area contributed by atoms with E-state index in [0.717, 1.165) is 12.8 Å². The Kier molecular flexibility index (Phi) is 7.75. The Hall–Kier alpha value is -2.45. The van der Waals surface area contributed by atoms with E-state index in [4.69, 9.17) is 22.7 Å². The Labute approximate surface area is 171 Å². The standard InChI is InChI=1S/C19H20BrN3O3S/c1-2-3-10-26-16-9-8-12(11-14(16)20)18(25)23-19(27)22-15-7-5-4-6-13(15)17(21)24/h4-9,11H,2-3,10H2,1H3,(H2,21,24)(H2,22,23,25,27). The van der Waals surface area contributed by atoms with E-state index in [2.05, 4.69) is 33.5 Å². The summed E-state index contributed by atoms with van der Waals surface area (Å²) in [6.07, 6.45) is 2.00. The number of hydrogen-bond donors (Lipinski definition) is 3. The Bertz CT molecular complexity index is 858. The van der Waals surface area contributed by atoms with Crippen molar-refractivity contribution in [2.75, 3.05) is 11.9 Å². The van der Waals surface area contributed by atoms with Crippen molar-refractivity contribution < 1.29 is 14.3 Å². The fourth-order valence-corrected chi connectivity index (χ4v) is 2.92. The lowest BCUT2D eigenvalue weighted by molar-refractivity contribution is 0.0975. The number of benzene rings is 2. The van der Waals surface area contributed by atoms with Crippen LogP contribution < -0.4 is 21.1 Å². The number of anilines is 1. The van der Waals surface area contributed by atoms with Gasteiger partial charge >= 0.3 is 0 Å². The summed E-state index contributed by atoms with van der Waals surface area (Å²) in [5, 5.41) is 5.46. The molecule has 0 fully saturated rings. The molecule has 27 heavy (non-hydrogen) atoms. The molecule has 0 radical (unpaired) electrons. The topological polar surface area (TPSA) is 93.4 Å². The highest BCUT2D eigenvalue weighted by molar-refractivity contribution is 9.10. The normalized spacial score (nSPS) is 10.1. The number of unbranched alkanes of at least 4 members (excludes halogenated alkanes) is 1. The first-order valence-corrected chi connectivity index (χ1v) is 9.56. The van der Waals surface area contributed by atoms with E-state index in [1.807, 2.05) is 0 Å². The van der Waals surface area contributed by atoms with Crippen molar-refractivity contribution in [3.8, 4) is 5.75 Å². The number of carbonyl (C=O) groups is 2. The van der Waals surface area contributed by atoms with Crippen LogP contribution in [0.4, 0.5) is 5.69 Å². The molecule has 0 heterocycles. The molecule has 0 aliphatic carbocycles. The van der Waals surface area contributed by atoms with Gasteiger partial charge in [0.15, 0.2) is 5.11 Å². The maximum Gasteiger partial charge on any atom is 0.257 e. The van der Waals surface area contributed by atoms with Gasteiger partial charge in [-0.1, -0.05) is 25.5 Å². The fraction of sp³-hybridized carbons (Fsp3) is 0.211. The predicted molar refractivity (Wildman–Crippen MR) is 113 cm³/mol. The van der Waals surface area contributed by atoms with E-state index >= 15 is 0 Å². The summed E-state index contributed by atoms with van der Waals surface area (Å²) in [7, 11) is 0. The number of hydrogen-bond acceptors (Lipinski definition) is 4. The molecule has 4 N–H and O–H groups in total. The molecule has 2 amide bonds. The molecule has 2 rings (SSSR count). The SMILES string of the molecule is CCCCOc1ccc(C(=O)NC(=S)Nc2ccccc2C(N)=O)cc1Br. The number of ether oxygens (including phenoxy) is 1. The number of thiocarbonyl (C=S) groups is 1. The highest BCUT2D eigenvalue weighted by Crippen LogP contribution is 2.26. The minimum atomic E-state index is -0.588. The van der Waals surface area contributed by atoms with E-state index in [-0.39, 0.29) is 16.6 Å². The minimum Gasteiger partial charge on any atom is -0.492 e. The van der Waals surface area contributed by atoms with Crippen LogP contribution in [-0.2, 0) is 0 Å². The van der Waals surface area contributed by atoms with Gasteiger partial charge in [0, 0.05) is 5.56 Å². The first-order chi connectivity index (χ1) is 12.9. The average molecular weight is 450 g/mol. The van der Waals surface area contributed by atoms with E-state index in [1.54, 1.807) is 42.5 Å². The molecule has 0 saturated carbocycles. The van der Waals surface area contributed by atoms with Gasteiger partial charge in [-0.2, -0.15) is 0 Å². The molecular formula is C19H20BrN3O3S. The van der Waals surface area contributed by atoms with E-state index in [0.29, 0.717) is 28.1 Å². The Morgan fingerprint density at radius 3 is 2.63 bits per heavy atom. The lowest BCUT2D eigenvalue weighted by Gasteiger charge is -2.13. The summed E-state index contributed by atoms with van der Waals surface area (Å²) in [5.74, 6) is -0.296. The lowest BCUT2D eigenvalue weighted by atomic mass is 10.1. The first kappa shape index (κ1) is 20.9. The van der Waals surface area contributed by atoms with Crippen molar-refractivity contribution in [3.05, 3.63) is 58.1 Å². The van der Waals surface area contributed by atoms with Crippen LogP contribution in [0.15, 0.2) is 46.9 Å². The molecule has 0 aliphatic rings. The number of primary amides is 1. The van der Waals surface area contributed by atoms with Crippen LogP contribution in [0.2, 0.25) is 0 Å². The Balaban J connectivity index is 2.01. The van der Waals surface area contributed by atoms with E-state index in [9.17, 15) is 9.59 Å². The molecule has 6 nitrogen and oxygen atoms in total. The maximum absolute atomic E-state index is 12.4. The molecule has 0 spiro atoms. The second-order valence-corrected chi connectivity index (χ2v) is 6.93. The Morgan fingerprint density at radius 1 is 1.22 bits per heavy atom. The minimum absolute atomic E-state index is 0.0631. The summed E-state index contributed by atoms with van der Waals surface area (Å²) in [5.41, 5.74) is 6.45. The molecule has 0 saturated heterocycles. The molecule has 0 atom stereocenters. The van der Waals surface area contributed by atoms with Crippen molar-refractivity contribution in [3.63, 3.8) is 0 Å². The summed E-state index contributed by atoms with van der Waals surface area (Å²) >= 11 is 8.56. The zero-order chi connectivity index (χ0) is 19.8. The van der Waals surface area contributed by atoms with Crippen LogP contribution in [0.5, 0.6) is 5.75 Å². The van der Waals surface area contributed by atoms with Crippen LogP contribution in [0.1, 0.15) is 40.5 Å². The van der Waals surface area contributed by atoms with Gasteiger partial charge in [-0.3, -0.25) is 14.9 Å². The first-order valence-electron chi connectivity index (χ1n) is 8.36. The molecule has 0 bridgehead atoms. The van der Waals surface area contributed by atoms with Gasteiger partial charge in [-0.05, 0) is 64.9 Å². The fourth-order valence-electron chi connectivity index (χ4n) is 2.22. The second kappa shape index (κ2) is 10.0. The highest BCUT2D eigenvalue weighted by atomic mass is 79.9. The second-order valence-electron chi connectivity index (χ2n) is 5.67. The average Bonchev–Trinajstić information content (AvgIpc) is 2.63. The van der Waals surface area contributed by atoms with Gasteiger partial charge in [0.25, 0.3) is 11.8 Å². The molecule has 0 aromatic heterocycles. The van der Waals surface area contributed by atoms with E-state index < -0.39 is 5.91 Å². The summed E-state index contributed by atoms with van der Waals surface area (Å²) < 4.78 is 6.33. The zero-order valence-electron chi connectivity index (χ0n) is 14.8. The van der Waals surface area contributed by atoms with Gasteiger partial charge < -0.3 is 15.8 Å². The molecular weight excluding hydrogens is 430 g/mol. The number of para-hydroxylation sites is 1. The third kappa shape index (κ3) is 6.04. The van der Waals surface area contributed by atoms with Gasteiger partial charge in [0.2, 0.25) is 0 Å². The summed E-state index contributed by atoms with van der Waals surface area (Å²) in [6, 6.07) is 11.7. The summed E-state index contributed by atoms with van der Waals surface area (Å²) in [4.78, 5) is 23.8. The van der Waals surface area contributed by atoms with Crippen molar-refractivity contribution in [1.82, 2.24) is 5.32 Å². The van der Waals surface area contributed by atoms with Crippen LogP contribution in [0.25, 0.3) is 0 Å². The van der Waals surface area contributed by atoms with Crippen molar-refractivity contribution >= 4 is 50.8 Å². The maximum atomic E-state index is 12.4. The monoisotopic (exact) mass is 449 g/mol. The molecule has 8 heteroatoms. The number of amides is 2. The number of nitrogens with one attached hydrogen (secondary N) is 2. The zero-order valence-corrected chi connectivity index (χ0v) is 17.2. The van der Waals surface area contributed by atoms with Gasteiger partial charge in [-0.15, -0.1) is 0 Å². The third-order valence-corrected chi connectivity index (χ3v) is 4.44. The number of rotatable bonds is 7. The van der Waals surface area contributed by atoms with Gasteiger partial charge in [0.05, 0.1) is 22.3 Å². The number of halogens is 1. The quantitative estimate of drug-likeness (QED) is 0.440. The van der Waals surface area contributed by atoms with Crippen molar-refractivity contribution in [1.29, 1.82) is 0 Å². The summed E-state index contributed by atoms with van der Waals surface area (Å²) in [6.45, 7) is 2.71. The molecule has 2 aromatic carbocycles. The third-order valence-electron chi connectivity index (χ3n) is 3.62. The predicted octanol–water partition coefficient (Wildman–Crippen LogP) is 3.85. The smallest absolute Gasteiger partial charge is 0.257 e. The lowest BCUT2D eigenvalue weighted by Crippen LogP contribution is -2.34. The van der Waals surface area contributed by atoms with Crippen LogP contribution >= 0.6 is 28.1 Å². The van der Waals surface area contributed by atoms with Crippen molar-refractivity contribution in [2.24, 2.45) is 5.73 Å². The number of carbonyl (C=O) groups excluding carboxylic acids is 2. The van der Waals surface area contributed by atoms with Gasteiger partial charge in [-0.25, -0.2) is 0 Å². The Morgan fingerprint density at radius 2 is 1.96 bits per heavy atom. The molecule has 0 aliphatic heterocycles. The van der Waals surface area contributed by atoms with Crippen LogP contribution in [0, 0.1) is 0 Å². The number of nitrogens with two attached hydrogens (primary N) is 1. The van der Waals surface area contributed by atoms with Crippen LogP contribution in [0.3, 0.4) is 0 Å². The van der Waals surface area contributed by atoms with Crippen molar-refractivity contribution in [2.45, 2.75) is 19.8 Å². The highest BCUT2D eigenvalue weighted by Gasteiger charge is 2.13. The molecule has 2 aromatic rings. The largest absolute Gasteiger partial charge is 0.492 e. The van der Waals surface area contributed by atoms with E-state index in [1.165, 1.54) is 0 Å². The van der Waals surface area contributed by atoms with Crippen LogP contribution in [-0.4, -0.2) is 23.5 Å². The molecule has 0 unspecified atom stereocenters. The van der Waals surface area contributed by atoms with Gasteiger partial charge in [0.1, 0.15) is 5.75 Å². The molecule has 142 valence electrons.